The van der Waals surface area contributed by atoms with E-state index in [4.69, 9.17) is 4.74 Å². The molecule has 148 valence electrons. The molecule has 2 aliphatic rings. The smallest absolute Gasteiger partial charge is 0.310 e. The summed E-state index contributed by atoms with van der Waals surface area (Å²) in [6, 6.07) is 21.0. The molecule has 2 aromatic carbocycles. The SMILES string of the molecule is CC(C)[C@@H]1CC[C@@H](C)C[C@H]1OC(=O)[C@H]1CC1(c1ccccc1)c1ccccc1. The Kier molecular flexibility index (Phi) is 5.31. The first-order valence-electron chi connectivity index (χ1n) is 10.8. The van der Waals surface area contributed by atoms with Crippen molar-refractivity contribution in [3.8, 4) is 0 Å². The van der Waals surface area contributed by atoms with E-state index in [2.05, 4.69) is 69.3 Å². The predicted molar refractivity (Wildman–Crippen MR) is 113 cm³/mol. The lowest BCUT2D eigenvalue weighted by atomic mass is 9.75. The largest absolute Gasteiger partial charge is 0.462 e. The van der Waals surface area contributed by atoms with Gasteiger partial charge in [-0.05, 0) is 48.1 Å². The summed E-state index contributed by atoms with van der Waals surface area (Å²) in [6.45, 7) is 6.81. The monoisotopic (exact) mass is 376 g/mol. The van der Waals surface area contributed by atoms with E-state index in [1.54, 1.807) is 0 Å². The van der Waals surface area contributed by atoms with E-state index in [1.165, 1.54) is 24.0 Å². The Bertz CT molecular complexity index is 756. The molecule has 2 fully saturated rings. The van der Waals surface area contributed by atoms with Gasteiger partial charge < -0.3 is 4.74 Å². The number of carbonyl (C=O) groups excluding carboxylic acids is 1. The average molecular weight is 377 g/mol. The maximum Gasteiger partial charge on any atom is 0.310 e. The zero-order chi connectivity index (χ0) is 19.7. The first kappa shape index (κ1) is 19.2. The van der Waals surface area contributed by atoms with Crippen LogP contribution >= 0.6 is 0 Å². The van der Waals surface area contributed by atoms with Gasteiger partial charge in [0.1, 0.15) is 6.10 Å². The van der Waals surface area contributed by atoms with Crippen LogP contribution in [0.1, 0.15) is 57.6 Å². The average Bonchev–Trinajstić information content (AvgIpc) is 3.46. The summed E-state index contributed by atoms with van der Waals surface area (Å²) in [5.74, 6) is 1.60. The van der Waals surface area contributed by atoms with Gasteiger partial charge in [-0.25, -0.2) is 0 Å². The van der Waals surface area contributed by atoms with E-state index in [0.29, 0.717) is 17.8 Å². The Morgan fingerprint density at radius 3 is 2.07 bits per heavy atom. The van der Waals surface area contributed by atoms with Gasteiger partial charge in [0.2, 0.25) is 0 Å². The van der Waals surface area contributed by atoms with Crippen molar-refractivity contribution in [1.29, 1.82) is 0 Å². The lowest BCUT2D eigenvalue weighted by molar-refractivity contribution is -0.158. The second-order valence-electron chi connectivity index (χ2n) is 9.26. The number of esters is 1. The van der Waals surface area contributed by atoms with Gasteiger partial charge in [-0.1, -0.05) is 87.9 Å². The summed E-state index contributed by atoms with van der Waals surface area (Å²) in [5.41, 5.74) is 2.22. The van der Waals surface area contributed by atoms with Gasteiger partial charge in [0.05, 0.1) is 5.92 Å². The number of benzene rings is 2. The molecule has 4 atom stereocenters. The molecule has 0 amide bonds. The Labute approximate surface area is 169 Å². The number of carbonyl (C=O) groups is 1. The molecule has 0 aromatic heterocycles. The van der Waals surface area contributed by atoms with Crippen molar-refractivity contribution >= 4 is 5.97 Å². The first-order chi connectivity index (χ1) is 13.5. The molecule has 0 N–H and O–H groups in total. The normalized spacial score (nSPS) is 28.7. The zero-order valence-corrected chi connectivity index (χ0v) is 17.3. The molecule has 0 aliphatic heterocycles. The van der Waals surface area contributed by atoms with E-state index < -0.39 is 0 Å². The third-order valence-electron chi connectivity index (χ3n) is 7.05. The maximum atomic E-state index is 13.3. The second-order valence-corrected chi connectivity index (χ2v) is 9.26. The fourth-order valence-corrected chi connectivity index (χ4v) is 5.30. The van der Waals surface area contributed by atoms with Crippen LogP contribution < -0.4 is 0 Å². The van der Waals surface area contributed by atoms with Crippen molar-refractivity contribution in [1.82, 2.24) is 0 Å². The van der Waals surface area contributed by atoms with Crippen LogP contribution in [0.25, 0.3) is 0 Å². The van der Waals surface area contributed by atoms with Crippen LogP contribution in [0.4, 0.5) is 0 Å². The van der Waals surface area contributed by atoms with Crippen molar-refractivity contribution in [2.45, 2.75) is 58.0 Å². The molecule has 0 saturated heterocycles. The Balaban J connectivity index is 1.58. The molecule has 2 aliphatic carbocycles. The highest BCUT2D eigenvalue weighted by Crippen LogP contribution is 2.59. The summed E-state index contributed by atoms with van der Waals surface area (Å²) in [5, 5.41) is 0. The van der Waals surface area contributed by atoms with Crippen molar-refractivity contribution in [3.63, 3.8) is 0 Å². The summed E-state index contributed by atoms with van der Waals surface area (Å²) < 4.78 is 6.22. The number of rotatable bonds is 5. The first-order valence-corrected chi connectivity index (χ1v) is 10.8. The summed E-state index contributed by atoms with van der Waals surface area (Å²) >= 11 is 0. The van der Waals surface area contributed by atoms with Crippen molar-refractivity contribution in [2.75, 3.05) is 0 Å². The highest BCUT2D eigenvalue weighted by molar-refractivity contribution is 5.81. The molecule has 2 saturated carbocycles. The van der Waals surface area contributed by atoms with E-state index in [1.807, 2.05) is 12.1 Å². The minimum Gasteiger partial charge on any atom is -0.462 e. The lowest BCUT2D eigenvalue weighted by Gasteiger charge is -2.37. The Morgan fingerprint density at radius 2 is 1.54 bits per heavy atom. The van der Waals surface area contributed by atoms with Crippen LogP contribution in [0.5, 0.6) is 0 Å². The Morgan fingerprint density at radius 1 is 0.964 bits per heavy atom. The van der Waals surface area contributed by atoms with Crippen LogP contribution in [-0.4, -0.2) is 12.1 Å². The third kappa shape index (κ3) is 3.50. The van der Waals surface area contributed by atoms with Crippen molar-refractivity contribution < 1.29 is 9.53 Å². The molecular weight excluding hydrogens is 344 g/mol. The minimum atomic E-state index is -0.229. The highest BCUT2D eigenvalue weighted by Gasteiger charge is 2.61. The molecule has 0 spiro atoms. The zero-order valence-electron chi connectivity index (χ0n) is 17.3. The van der Waals surface area contributed by atoms with Crippen LogP contribution in [-0.2, 0) is 14.9 Å². The predicted octanol–water partition coefficient (Wildman–Crippen LogP) is 6.00. The fourth-order valence-electron chi connectivity index (χ4n) is 5.30. The summed E-state index contributed by atoms with van der Waals surface area (Å²) in [6.07, 6.45) is 4.34. The third-order valence-corrected chi connectivity index (χ3v) is 7.05. The van der Waals surface area contributed by atoms with Crippen molar-refractivity contribution in [2.24, 2.45) is 23.7 Å². The van der Waals surface area contributed by atoms with Crippen LogP contribution in [0.15, 0.2) is 60.7 Å². The van der Waals surface area contributed by atoms with Crippen molar-refractivity contribution in [3.05, 3.63) is 71.8 Å². The van der Waals surface area contributed by atoms with Gasteiger partial charge in [-0.3, -0.25) is 4.79 Å². The number of ether oxygens (including phenoxy) is 1. The molecule has 4 rings (SSSR count). The molecule has 28 heavy (non-hydrogen) atoms. The van der Waals surface area contributed by atoms with Gasteiger partial charge in [-0.2, -0.15) is 0 Å². The second kappa shape index (κ2) is 7.73. The van der Waals surface area contributed by atoms with E-state index >= 15 is 0 Å². The van der Waals surface area contributed by atoms with Crippen LogP contribution in [0.3, 0.4) is 0 Å². The molecule has 0 bridgehead atoms. The topological polar surface area (TPSA) is 26.3 Å². The molecule has 0 heterocycles. The summed E-state index contributed by atoms with van der Waals surface area (Å²) in [4.78, 5) is 13.3. The van der Waals surface area contributed by atoms with Gasteiger partial charge >= 0.3 is 5.97 Å². The van der Waals surface area contributed by atoms with E-state index in [-0.39, 0.29) is 23.4 Å². The van der Waals surface area contributed by atoms with Gasteiger partial charge in [0.15, 0.2) is 0 Å². The van der Waals surface area contributed by atoms with Crippen LogP contribution in [0.2, 0.25) is 0 Å². The minimum absolute atomic E-state index is 0.00236. The summed E-state index contributed by atoms with van der Waals surface area (Å²) in [7, 11) is 0. The molecule has 2 heteroatoms. The molecule has 0 radical (unpaired) electrons. The maximum absolute atomic E-state index is 13.3. The molecular formula is C26H32O2. The number of hydrogen-bond acceptors (Lipinski definition) is 2. The fraction of sp³-hybridized carbons (Fsp3) is 0.500. The quantitative estimate of drug-likeness (QED) is 0.599. The lowest BCUT2D eigenvalue weighted by Crippen LogP contribution is -2.36. The van der Waals surface area contributed by atoms with E-state index in [9.17, 15) is 4.79 Å². The van der Waals surface area contributed by atoms with Gasteiger partial charge in [0, 0.05) is 5.41 Å². The highest BCUT2D eigenvalue weighted by atomic mass is 16.5. The van der Waals surface area contributed by atoms with Gasteiger partial charge in [-0.15, -0.1) is 0 Å². The molecule has 2 nitrogen and oxygen atoms in total. The standard InChI is InChI=1S/C26H32O2/c1-18(2)22-15-14-19(3)16-24(22)28-25(27)23-17-26(23,20-10-6-4-7-11-20)21-12-8-5-9-13-21/h4-13,18-19,22-24H,14-17H2,1-3H3/t19-,22+,23-,24-/m1/s1. The van der Waals surface area contributed by atoms with Gasteiger partial charge in [0.25, 0.3) is 0 Å². The molecule has 2 aromatic rings. The van der Waals surface area contributed by atoms with E-state index in [0.717, 1.165) is 12.8 Å². The molecule has 0 unspecified atom stereocenters. The number of hydrogen-bond donors (Lipinski definition) is 0. The van der Waals surface area contributed by atoms with Crippen LogP contribution in [0, 0.1) is 23.7 Å². The Hall–Kier alpha value is -2.09.